The van der Waals surface area contributed by atoms with Crippen LogP contribution in [0.1, 0.15) is 10.4 Å². The zero-order valence-corrected chi connectivity index (χ0v) is 10.9. The van der Waals surface area contributed by atoms with Gasteiger partial charge in [0, 0.05) is 11.1 Å². The number of aromatic carboxylic acids is 1. The van der Waals surface area contributed by atoms with Gasteiger partial charge in [-0.1, -0.05) is 24.3 Å². The monoisotopic (exact) mass is 267 g/mol. The molecule has 1 aromatic heterocycles. The van der Waals surface area contributed by atoms with Crippen molar-refractivity contribution in [3.05, 3.63) is 54.1 Å². The predicted octanol–water partition coefficient (Wildman–Crippen LogP) is 3.54. The molecule has 0 amide bonds. The molecule has 0 atom stereocenters. The van der Waals surface area contributed by atoms with Crippen molar-refractivity contribution >= 4 is 16.9 Å². The highest BCUT2D eigenvalue weighted by atomic mass is 16.5. The maximum Gasteiger partial charge on any atom is 0.335 e. The zero-order chi connectivity index (χ0) is 14.1. The number of fused-ring (bicyclic) bond motifs is 1. The van der Waals surface area contributed by atoms with Gasteiger partial charge in [-0.25, -0.2) is 4.79 Å². The van der Waals surface area contributed by atoms with Crippen molar-refractivity contribution in [3.8, 4) is 17.0 Å². The highest BCUT2D eigenvalue weighted by Gasteiger charge is 2.08. The van der Waals surface area contributed by atoms with Gasteiger partial charge in [-0.15, -0.1) is 0 Å². The van der Waals surface area contributed by atoms with Gasteiger partial charge >= 0.3 is 5.97 Å². The summed E-state index contributed by atoms with van der Waals surface area (Å²) in [5.41, 5.74) is 3.09. The normalized spacial score (nSPS) is 10.7. The second-order valence-electron chi connectivity index (χ2n) is 4.49. The smallest absolute Gasteiger partial charge is 0.335 e. The number of H-pyrrole nitrogens is 1. The number of carboxylic acids is 1. The first-order valence-electron chi connectivity index (χ1n) is 6.18. The van der Waals surface area contributed by atoms with Gasteiger partial charge in [0.25, 0.3) is 0 Å². The fraction of sp³-hybridized carbons (Fsp3) is 0.0625. The molecule has 20 heavy (non-hydrogen) atoms. The molecule has 4 nitrogen and oxygen atoms in total. The number of ether oxygens (including phenoxy) is 1. The first-order chi connectivity index (χ1) is 9.69. The Bertz CT molecular complexity index is 772. The quantitative estimate of drug-likeness (QED) is 0.763. The van der Waals surface area contributed by atoms with Crippen LogP contribution in [-0.2, 0) is 0 Å². The number of carbonyl (C=O) groups is 1. The second-order valence-corrected chi connectivity index (χ2v) is 4.49. The third kappa shape index (κ3) is 2.01. The van der Waals surface area contributed by atoms with Gasteiger partial charge in [0.2, 0.25) is 0 Å². The molecule has 1 heterocycles. The Hall–Kier alpha value is -2.75. The summed E-state index contributed by atoms with van der Waals surface area (Å²) in [6.45, 7) is 0. The summed E-state index contributed by atoms with van der Waals surface area (Å²) < 4.78 is 5.32. The number of benzene rings is 2. The molecule has 3 aromatic rings. The maximum absolute atomic E-state index is 10.8. The van der Waals surface area contributed by atoms with Gasteiger partial charge in [0.1, 0.15) is 5.75 Å². The van der Waals surface area contributed by atoms with E-state index in [1.165, 1.54) is 0 Å². The van der Waals surface area contributed by atoms with Crippen molar-refractivity contribution < 1.29 is 14.6 Å². The lowest BCUT2D eigenvalue weighted by atomic mass is 10.1. The number of rotatable bonds is 3. The van der Waals surface area contributed by atoms with E-state index in [1.807, 2.05) is 24.3 Å². The first-order valence-corrected chi connectivity index (χ1v) is 6.18. The fourth-order valence-electron chi connectivity index (χ4n) is 2.25. The minimum absolute atomic E-state index is 0.280. The third-order valence-corrected chi connectivity index (χ3v) is 3.28. The highest BCUT2D eigenvalue weighted by molar-refractivity contribution is 5.91. The lowest BCUT2D eigenvalue weighted by Crippen LogP contribution is -1.94. The van der Waals surface area contributed by atoms with Crippen LogP contribution in [0.3, 0.4) is 0 Å². The fourth-order valence-corrected chi connectivity index (χ4v) is 2.25. The zero-order valence-electron chi connectivity index (χ0n) is 10.9. The molecular formula is C16H13NO3. The number of hydrogen-bond acceptors (Lipinski definition) is 2. The number of methoxy groups -OCH3 is 1. The van der Waals surface area contributed by atoms with Crippen LogP contribution >= 0.6 is 0 Å². The SMILES string of the molecule is COc1cccc2cc(-c3ccc(C(=O)O)cc3)[nH]c12. The molecular weight excluding hydrogens is 254 g/mol. The largest absolute Gasteiger partial charge is 0.495 e. The van der Waals surface area contributed by atoms with E-state index in [0.717, 1.165) is 27.9 Å². The third-order valence-electron chi connectivity index (χ3n) is 3.28. The molecule has 0 aliphatic rings. The molecule has 0 fully saturated rings. The number of para-hydroxylation sites is 1. The van der Waals surface area contributed by atoms with Gasteiger partial charge in [-0.2, -0.15) is 0 Å². The van der Waals surface area contributed by atoms with Crippen LogP contribution in [0.5, 0.6) is 5.75 Å². The van der Waals surface area contributed by atoms with Crippen LogP contribution < -0.4 is 4.74 Å². The molecule has 4 heteroatoms. The minimum Gasteiger partial charge on any atom is -0.495 e. The molecule has 0 radical (unpaired) electrons. The van der Waals surface area contributed by atoms with Crippen LogP contribution in [0.2, 0.25) is 0 Å². The molecule has 0 saturated heterocycles. The summed E-state index contributed by atoms with van der Waals surface area (Å²) in [5.74, 6) is -0.134. The first kappa shape index (κ1) is 12.3. The van der Waals surface area contributed by atoms with Crippen molar-refractivity contribution in [2.24, 2.45) is 0 Å². The Morgan fingerprint density at radius 1 is 1.15 bits per heavy atom. The van der Waals surface area contributed by atoms with Gasteiger partial charge in [-0.3, -0.25) is 0 Å². The Kier molecular flexibility index (Phi) is 2.91. The standard InChI is InChI=1S/C16H13NO3/c1-20-14-4-2-3-12-9-13(17-15(12)14)10-5-7-11(8-6-10)16(18)19/h2-9,17H,1H3,(H,18,19). The average Bonchev–Trinajstić information content (AvgIpc) is 2.91. The van der Waals surface area contributed by atoms with Crippen LogP contribution in [-0.4, -0.2) is 23.2 Å². The van der Waals surface area contributed by atoms with Crippen molar-refractivity contribution in [2.45, 2.75) is 0 Å². The summed E-state index contributed by atoms with van der Waals surface area (Å²) in [7, 11) is 1.64. The van der Waals surface area contributed by atoms with E-state index < -0.39 is 5.97 Å². The van der Waals surface area contributed by atoms with E-state index in [1.54, 1.807) is 31.4 Å². The Balaban J connectivity index is 2.08. The summed E-state index contributed by atoms with van der Waals surface area (Å²) in [6.07, 6.45) is 0. The molecule has 0 unspecified atom stereocenters. The van der Waals surface area contributed by atoms with Gasteiger partial charge in [-0.05, 0) is 29.8 Å². The topological polar surface area (TPSA) is 62.3 Å². The second kappa shape index (κ2) is 4.74. The number of aromatic amines is 1. The van der Waals surface area contributed by atoms with E-state index in [4.69, 9.17) is 9.84 Å². The van der Waals surface area contributed by atoms with Crippen molar-refractivity contribution in [1.82, 2.24) is 4.98 Å². The van der Waals surface area contributed by atoms with E-state index in [9.17, 15) is 4.79 Å². The summed E-state index contributed by atoms with van der Waals surface area (Å²) >= 11 is 0. The van der Waals surface area contributed by atoms with Crippen molar-refractivity contribution in [1.29, 1.82) is 0 Å². The summed E-state index contributed by atoms with van der Waals surface area (Å²) in [4.78, 5) is 14.2. The van der Waals surface area contributed by atoms with Crippen molar-refractivity contribution in [2.75, 3.05) is 7.11 Å². The van der Waals surface area contributed by atoms with Gasteiger partial charge < -0.3 is 14.8 Å². The van der Waals surface area contributed by atoms with Gasteiger partial charge in [0.15, 0.2) is 0 Å². The lowest BCUT2D eigenvalue weighted by molar-refractivity contribution is 0.0697. The highest BCUT2D eigenvalue weighted by Crippen LogP contribution is 2.29. The van der Waals surface area contributed by atoms with E-state index in [2.05, 4.69) is 4.98 Å². The van der Waals surface area contributed by atoms with Crippen LogP contribution in [0, 0.1) is 0 Å². The van der Waals surface area contributed by atoms with Crippen LogP contribution in [0.25, 0.3) is 22.2 Å². The Morgan fingerprint density at radius 3 is 2.55 bits per heavy atom. The van der Waals surface area contributed by atoms with Crippen molar-refractivity contribution in [3.63, 3.8) is 0 Å². The number of aromatic nitrogens is 1. The van der Waals surface area contributed by atoms with E-state index in [-0.39, 0.29) is 5.56 Å². The summed E-state index contributed by atoms with van der Waals surface area (Å²) in [6, 6.07) is 14.6. The molecule has 0 saturated carbocycles. The molecule has 100 valence electrons. The Morgan fingerprint density at radius 2 is 1.90 bits per heavy atom. The number of hydrogen-bond donors (Lipinski definition) is 2. The molecule has 0 bridgehead atoms. The predicted molar refractivity (Wildman–Crippen MR) is 77.2 cm³/mol. The number of carboxylic acid groups (broad SMARTS) is 1. The lowest BCUT2D eigenvalue weighted by Gasteiger charge is -2.01. The molecule has 0 aliphatic heterocycles. The van der Waals surface area contributed by atoms with E-state index in [0.29, 0.717) is 0 Å². The van der Waals surface area contributed by atoms with E-state index >= 15 is 0 Å². The van der Waals surface area contributed by atoms with Crippen LogP contribution in [0.15, 0.2) is 48.5 Å². The van der Waals surface area contributed by atoms with Gasteiger partial charge in [0.05, 0.1) is 18.2 Å². The molecule has 2 aromatic carbocycles. The average molecular weight is 267 g/mol. The maximum atomic E-state index is 10.8. The molecule has 3 rings (SSSR count). The van der Waals surface area contributed by atoms with Crippen LogP contribution in [0.4, 0.5) is 0 Å². The molecule has 2 N–H and O–H groups in total. The minimum atomic E-state index is -0.921. The number of nitrogens with one attached hydrogen (secondary N) is 1. The Labute approximate surface area is 115 Å². The summed E-state index contributed by atoms with van der Waals surface area (Å²) in [5, 5.41) is 9.96. The molecule has 0 aliphatic carbocycles. The molecule has 0 spiro atoms.